The predicted octanol–water partition coefficient (Wildman–Crippen LogP) is 2.37. The van der Waals surface area contributed by atoms with E-state index in [1.807, 2.05) is 0 Å². The maximum Gasteiger partial charge on any atom is 0.335 e. The Bertz CT molecular complexity index is 41.3. The van der Waals surface area contributed by atoms with Crippen molar-refractivity contribution in [3.8, 4) is 0 Å². The summed E-state index contributed by atoms with van der Waals surface area (Å²) in [7, 11) is 0. The van der Waals surface area contributed by atoms with E-state index in [1.54, 1.807) is 0 Å². The molecule has 6 heavy (non-hydrogen) atoms. The van der Waals surface area contributed by atoms with E-state index in [9.17, 15) is 8.78 Å². The van der Waals surface area contributed by atoms with E-state index >= 15 is 0 Å². The van der Waals surface area contributed by atoms with Crippen molar-refractivity contribution < 1.29 is 8.78 Å². The molecule has 1 radical (unpaired) electrons. The first kappa shape index (κ1) is 6.63. The summed E-state index contributed by atoms with van der Waals surface area (Å²) in [6.07, 6.45) is 0. The van der Waals surface area contributed by atoms with Crippen LogP contribution in [0.15, 0.2) is 0 Å². The monoisotopic (exact) mass is 177 g/mol. The van der Waals surface area contributed by atoms with Gasteiger partial charge in [0, 0.05) is 0 Å². The predicted molar refractivity (Wildman–Crippen MR) is 24.0 cm³/mol. The van der Waals surface area contributed by atoms with Gasteiger partial charge in [0.05, 0.1) is 0 Å². The number of alkyl halides is 3. The van der Waals surface area contributed by atoms with Crippen LogP contribution in [0.25, 0.3) is 0 Å². The van der Waals surface area contributed by atoms with E-state index in [-0.39, 0.29) is 0 Å². The largest absolute Gasteiger partial charge is 0.335 e. The first-order valence-electron chi connectivity index (χ1n) is 1.07. The van der Waals surface area contributed by atoms with Gasteiger partial charge in [0.2, 0.25) is 0 Å². The average molecular weight is 178 g/mol. The summed E-state index contributed by atoms with van der Waals surface area (Å²) >= 11 is 6.64. The van der Waals surface area contributed by atoms with Crippen LogP contribution in [-0.2, 0) is 0 Å². The van der Waals surface area contributed by atoms with Crippen LogP contribution < -0.4 is 0 Å². The molecule has 0 aromatic heterocycles. The highest BCUT2D eigenvalue weighted by atomic mass is 79.9. The standard InChI is InChI=1S/C2HBrClF2/c3-1-2(4,5)6/h1H. The second-order valence-electron chi connectivity index (χ2n) is 0.651. The lowest BCUT2D eigenvalue weighted by Crippen LogP contribution is -1.99. The van der Waals surface area contributed by atoms with Crippen LogP contribution in [0.1, 0.15) is 0 Å². The maximum atomic E-state index is 11.1. The van der Waals surface area contributed by atoms with Gasteiger partial charge < -0.3 is 0 Å². The Hall–Kier alpha value is 0.630. The lowest BCUT2D eigenvalue weighted by Gasteiger charge is -1.96. The van der Waals surface area contributed by atoms with Gasteiger partial charge in [-0.2, -0.15) is 8.78 Å². The molecule has 0 N–H and O–H groups in total. The van der Waals surface area contributed by atoms with E-state index in [0.717, 1.165) is 0 Å². The second-order valence-corrected chi connectivity index (χ2v) is 1.61. The molecule has 0 aliphatic heterocycles. The van der Waals surface area contributed by atoms with Crippen molar-refractivity contribution in [2.24, 2.45) is 0 Å². The molecule has 0 atom stereocenters. The number of hydrogen-bond acceptors (Lipinski definition) is 0. The van der Waals surface area contributed by atoms with Gasteiger partial charge in [0.15, 0.2) is 0 Å². The molecule has 0 saturated carbocycles. The lowest BCUT2D eigenvalue weighted by molar-refractivity contribution is 0.146. The molecule has 0 unspecified atom stereocenters. The van der Waals surface area contributed by atoms with Gasteiger partial charge in [-0.05, 0) is 11.6 Å². The molecule has 37 valence electrons. The van der Waals surface area contributed by atoms with Crippen LogP contribution >= 0.6 is 27.5 Å². The van der Waals surface area contributed by atoms with Crippen molar-refractivity contribution in [3.05, 3.63) is 5.33 Å². The number of rotatable bonds is 1. The van der Waals surface area contributed by atoms with Crippen molar-refractivity contribution >= 4 is 27.5 Å². The highest BCUT2D eigenvalue weighted by Crippen LogP contribution is 2.24. The molecule has 0 aromatic carbocycles. The molecule has 0 nitrogen and oxygen atoms in total. The van der Waals surface area contributed by atoms with Gasteiger partial charge in [-0.15, -0.1) is 0 Å². The fourth-order valence-corrected chi connectivity index (χ4v) is 0. The molecule has 0 rings (SSSR count). The summed E-state index contributed by atoms with van der Waals surface area (Å²) in [6.45, 7) is 0. The van der Waals surface area contributed by atoms with Crippen LogP contribution in [0.2, 0.25) is 0 Å². The van der Waals surface area contributed by atoms with Crippen LogP contribution in [0.3, 0.4) is 0 Å². The SMILES string of the molecule is FC(F)(Cl)[CH]Br. The molecule has 0 fully saturated rings. The van der Waals surface area contributed by atoms with Gasteiger partial charge in [-0.3, -0.25) is 0 Å². The van der Waals surface area contributed by atoms with Crippen molar-refractivity contribution in [3.63, 3.8) is 0 Å². The Labute approximate surface area is 47.6 Å². The Morgan fingerprint density at radius 1 is 1.67 bits per heavy atom. The summed E-state index contributed by atoms with van der Waals surface area (Å²) in [6, 6.07) is 0. The summed E-state index contributed by atoms with van der Waals surface area (Å²) in [5, 5.41) is -2.76. The smallest absolute Gasteiger partial charge is 0.187 e. The Balaban J connectivity index is 3.17. The quantitative estimate of drug-likeness (QED) is 0.541. The lowest BCUT2D eigenvalue weighted by atomic mass is 10.9. The molecule has 0 heterocycles. The van der Waals surface area contributed by atoms with Gasteiger partial charge in [0.1, 0.15) is 5.33 Å². The Kier molecular flexibility index (Phi) is 2.29. The van der Waals surface area contributed by atoms with Crippen LogP contribution in [0, 0.1) is 5.33 Å². The molecular weight excluding hydrogens is 177 g/mol. The Morgan fingerprint density at radius 3 is 1.83 bits per heavy atom. The van der Waals surface area contributed by atoms with Crippen LogP contribution in [-0.4, -0.2) is 5.38 Å². The number of hydrogen-bond donors (Lipinski definition) is 0. The third-order valence-corrected chi connectivity index (χ3v) is 1.07. The summed E-state index contributed by atoms with van der Waals surface area (Å²) in [5.74, 6) is 0. The van der Waals surface area contributed by atoms with Crippen molar-refractivity contribution in [2.75, 3.05) is 0 Å². The molecule has 0 aliphatic carbocycles. The first-order chi connectivity index (χ1) is 2.56. The fraction of sp³-hybridized carbons (Fsp3) is 0.500. The zero-order valence-electron chi connectivity index (χ0n) is 2.59. The first-order valence-corrected chi connectivity index (χ1v) is 2.37. The maximum absolute atomic E-state index is 11.1. The number of halogens is 4. The van der Waals surface area contributed by atoms with Gasteiger partial charge >= 0.3 is 5.38 Å². The van der Waals surface area contributed by atoms with E-state index < -0.39 is 5.38 Å². The van der Waals surface area contributed by atoms with Crippen LogP contribution in [0.5, 0.6) is 0 Å². The third-order valence-electron chi connectivity index (χ3n) is 0.124. The van der Waals surface area contributed by atoms with Crippen molar-refractivity contribution in [1.29, 1.82) is 0 Å². The zero-order chi connectivity index (χ0) is 5.21. The molecular formula is C2HBrClF2. The highest BCUT2D eigenvalue weighted by molar-refractivity contribution is 9.10. The van der Waals surface area contributed by atoms with Gasteiger partial charge in [-0.1, -0.05) is 15.9 Å². The molecule has 0 aromatic rings. The third kappa shape index (κ3) is 4.63. The Morgan fingerprint density at radius 2 is 1.83 bits per heavy atom. The minimum absolute atomic E-state index is 0.432. The van der Waals surface area contributed by atoms with Gasteiger partial charge in [0.25, 0.3) is 0 Å². The highest BCUT2D eigenvalue weighted by Gasteiger charge is 2.21. The summed E-state index contributed by atoms with van der Waals surface area (Å²) in [5.41, 5.74) is 0. The second kappa shape index (κ2) is 2.07. The van der Waals surface area contributed by atoms with Gasteiger partial charge in [-0.25, -0.2) is 0 Å². The average Bonchev–Trinajstić information content (AvgIpc) is 1.35. The molecule has 0 amide bonds. The van der Waals surface area contributed by atoms with E-state index in [2.05, 4.69) is 27.5 Å². The fourth-order valence-electron chi connectivity index (χ4n) is 0. The van der Waals surface area contributed by atoms with E-state index in [1.165, 1.54) is 0 Å². The molecule has 4 heteroatoms. The minimum atomic E-state index is -3.19. The molecule has 0 aliphatic rings. The summed E-state index contributed by atoms with van der Waals surface area (Å²) < 4.78 is 22.2. The molecule has 0 bridgehead atoms. The molecule has 0 spiro atoms. The minimum Gasteiger partial charge on any atom is -0.187 e. The van der Waals surface area contributed by atoms with Crippen molar-refractivity contribution in [2.45, 2.75) is 5.38 Å². The van der Waals surface area contributed by atoms with E-state index in [4.69, 9.17) is 0 Å². The van der Waals surface area contributed by atoms with Crippen LogP contribution in [0.4, 0.5) is 8.78 Å². The molecule has 0 saturated heterocycles. The van der Waals surface area contributed by atoms with Crippen molar-refractivity contribution in [1.82, 2.24) is 0 Å². The topological polar surface area (TPSA) is 0 Å². The normalized spacial score (nSPS) is 12.0. The van der Waals surface area contributed by atoms with E-state index in [0.29, 0.717) is 5.33 Å². The summed E-state index contributed by atoms with van der Waals surface area (Å²) in [4.78, 5) is 0. The zero-order valence-corrected chi connectivity index (χ0v) is 4.93.